The number of anilines is 1. The van der Waals surface area contributed by atoms with Crippen molar-refractivity contribution in [1.29, 1.82) is 0 Å². The van der Waals surface area contributed by atoms with Crippen molar-refractivity contribution in [3.63, 3.8) is 0 Å². The lowest BCUT2D eigenvalue weighted by molar-refractivity contribution is 0.102. The molecular formula is C15H10Br2N2O2S. The maximum absolute atomic E-state index is 12.4. The van der Waals surface area contributed by atoms with Crippen LogP contribution in [-0.2, 0) is 0 Å². The first-order valence-corrected chi connectivity index (χ1v) is 8.68. The molecule has 22 heavy (non-hydrogen) atoms. The molecule has 3 rings (SSSR count). The lowest BCUT2D eigenvalue weighted by atomic mass is 10.2. The predicted octanol–water partition coefficient (Wildman–Crippen LogP) is 5.08. The first-order valence-electron chi connectivity index (χ1n) is 6.28. The minimum atomic E-state index is -0.253. The van der Waals surface area contributed by atoms with E-state index in [1.54, 1.807) is 12.1 Å². The molecule has 0 aliphatic carbocycles. The van der Waals surface area contributed by atoms with Crippen molar-refractivity contribution in [3.05, 3.63) is 50.9 Å². The Morgan fingerprint density at radius 2 is 1.91 bits per heavy atom. The van der Waals surface area contributed by atoms with Crippen molar-refractivity contribution >= 4 is 64.5 Å². The summed E-state index contributed by atoms with van der Waals surface area (Å²) in [5.41, 5.74) is 1.31. The molecular weight excluding hydrogens is 432 g/mol. The van der Waals surface area contributed by atoms with Gasteiger partial charge in [0.1, 0.15) is 5.75 Å². The number of amides is 1. The maximum atomic E-state index is 12.4. The number of rotatable bonds is 3. The zero-order chi connectivity index (χ0) is 15.7. The van der Waals surface area contributed by atoms with Crippen molar-refractivity contribution < 1.29 is 9.53 Å². The van der Waals surface area contributed by atoms with E-state index in [9.17, 15) is 4.79 Å². The molecule has 0 saturated carbocycles. The molecule has 7 heteroatoms. The number of carbonyl (C=O) groups excluding carboxylic acids is 1. The normalized spacial score (nSPS) is 10.7. The summed E-state index contributed by atoms with van der Waals surface area (Å²) in [6.07, 6.45) is 0. The number of fused-ring (bicyclic) bond motifs is 1. The molecule has 0 radical (unpaired) electrons. The highest BCUT2D eigenvalue weighted by atomic mass is 79.9. The third kappa shape index (κ3) is 3.16. The minimum absolute atomic E-state index is 0.253. The Hall–Kier alpha value is -1.44. The topological polar surface area (TPSA) is 51.2 Å². The Morgan fingerprint density at radius 3 is 2.68 bits per heavy atom. The number of ether oxygens (including phenoxy) is 1. The summed E-state index contributed by atoms with van der Waals surface area (Å²) in [5.74, 6) is 0.265. The van der Waals surface area contributed by atoms with Crippen LogP contribution in [0.1, 0.15) is 10.4 Å². The predicted molar refractivity (Wildman–Crippen MR) is 96.0 cm³/mol. The van der Waals surface area contributed by atoms with Crippen molar-refractivity contribution in [2.75, 3.05) is 12.4 Å². The van der Waals surface area contributed by atoms with Gasteiger partial charge < -0.3 is 4.74 Å². The Labute approximate surface area is 147 Å². The van der Waals surface area contributed by atoms with Crippen LogP contribution in [0.25, 0.3) is 10.2 Å². The molecule has 0 unspecified atom stereocenters. The van der Waals surface area contributed by atoms with E-state index in [2.05, 4.69) is 42.2 Å². The van der Waals surface area contributed by atoms with Crippen LogP contribution >= 0.6 is 43.2 Å². The number of nitrogens with zero attached hydrogens (tertiary/aromatic N) is 1. The number of thiazole rings is 1. The zero-order valence-corrected chi connectivity index (χ0v) is 15.4. The molecule has 0 bridgehead atoms. The second-order valence-electron chi connectivity index (χ2n) is 4.43. The lowest BCUT2D eigenvalue weighted by Gasteiger charge is -2.08. The van der Waals surface area contributed by atoms with Gasteiger partial charge in [-0.2, -0.15) is 0 Å². The summed E-state index contributed by atoms with van der Waals surface area (Å²) in [6, 6.07) is 11.1. The molecule has 1 N–H and O–H groups in total. The molecule has 0 saturated heterocycles. The number of hydrogen-bond acceptors (Lipinski definition) is 4. The number of benzene rings is 2. The van der Waals surface area contributed by atoms with Gasteiger partial charge >= 0.3 is 0 Å². The Bertz CT molecular complexity index is 864. The highest BCUT2D eigenvalue weighted by Crippen LogP contribution is 2.30. The SMILES string of the molecule is COc1ccc(Br)cc1C(=O)Nc1nc2ccc(Br)cc2s1. The van der Waals surface area contributed by atoms with E-state index in [0.717, 1.165) is 19.2 Å². The highest BCUT2D eigenvalue weighted by molar-refractivity contribution is 9.10. The van der Waals surface area contributed by atoms with Gasteiger partial charge in [-0.3, -0.25) is 10.1 Å². The summed E-state index contributed by atoms with van der Waals surface area (Å²) >= 11 is 8.21. The van der Waals surface area contributed by atoms with Gasteiger partial charge in [0.2, 0.25) is 0 Å². The van der Waals surface area contributed by atoms with Crippen molar-refractivity contribution in [3.8, 4) is 5.75 Å². The molecule has 0 aliphatic heterocycles. The number of aromatic nitrogens is 1. The third-order valence-corrected chi connectivity index (χ3v) is 4.90. The summed E-state index contributed by atoms with van der Waals surface area (Å²) in [5, 5.41) is 3.38. The fourth-order valence-corrected chi connectivity index (χ4v) is 3.75. The van der Waals surface area contributed by atoms with Crippen LogP contribution in [0.4, 0.5) is 5.13 Å². The van der Waals surface area contributed by atoms with Crippen molar-refractivity contribution in [2.45, 2.75) is 0 Å². The molecule has 0 spiro atoms. The van der Waals surface area contributed by atoms with E-state index in [1.807, 2.05) is 24.3 Å². The fourth-order valence-electron chi connectivity index (χ4n) is 1.97. The first kappa shape index (κ1) is 15.5. The van der Waals surface area contributed by atoms with E-state index >= 15 is 0 Å². The average molecular weight is 442 g/mol. The summed E-state index contributed by atoms with van der Waals surface area (Å²) in [7, 11) is 1.54. The van der Waals surface area contributed by atoms with Gasteiger partial charge in [0, 0.05) is 8.95 Å². The Kier molecular flexibility index (Phi) is 4.46. The van der Waals surface area contributed by atoms with Crippen LogP contribution in [-0.4, -0.2) is 18.0 Å². The summed E-state index contributed by atoms with van der Waals surface area (Å²) < 4.78 is 8.03. The lowest BCUT2D eigenvalue weighted by Crippen LogP contribution is -2.13. The number of halogens is 2. The molecule has 0 atom stereocenters. The Balaban J connectivity index is 1.91. The number of nitrogens with one attached hydrogen (secondary N) is 1. The smallest absolute Gasteiger partial charge is 0.261 e. The maximum Gasteiger partial charge on any atom is 0.261 e. The van der Waals surface area contributed by atoms with Gasteiger partial charge in [0.05, 0.1) is 22.9 Å². The van der Waals surface area contributed by atoms with E-state index in [-0.39, 0.29) is 5.91 Å². The van der Waals surface area contributed by atoms with E-state index < -0.39 is 0 Å². The quantitative estimate of drug-likeness (QED) is 0.616. The van der Waals surface area contributed by atoms with Gasteiger partial charge in [-0.15, -0.1) is 0 Å². The van der Waals surface area contributed by atoms with Crippen LogP contribution < -0.4 is 10.1 Å². The molecule has 4 nitrogen and oxygen atoms in total. The standard InChI is InChI=1S/C15H10Br2N2O2S/c1-21-12-5-3-8(16)6-10(12)14(20)19-15-18-11-4-2-9(17)7-13(11)22-15/h2-7H,1H3,(H,18,19,20). The van der Waals surface area contributed by atoms with Crippen molar-refractivity contribution in [1.82, 2.24) is 4.98 Å². The average Bonchev–Trinajstić information content (AvgIpc) is 2.88. The molecule has 1 amide bonds. The minimum Gasteiger partial charge on any atom is -0.496 e. The molecule has 3 aromatic rings. The van der Waals surface area contributed by atoms with Crippen LogP contribution in [0.3, 0.4) is 0 Å². The fraction of sp³-hybridized carbons (Fsp3) is 0.0667. The monoisotopic (exact) mass is 440 g/mol. The summed E-state index contributed by atoms with van der Waals surface area (Å²) in [4.78, 5) is 16.8. The molecule has 1 heterocycles. The Morgan fingerprint density at radius 1 is 1.18 bits per heavy atom. The molecule has 2 aromatic carbocycles. The van der Waals surface area contributed by atoms with Crippen LogP contribution in [0.2, 0.25) is 0 Å². The van der Waals surface area contributed by atoms with Gasteiger partial charge in [0.15, 0.2) is 5.13 Å². The van der Waals surface area contributed by atoms with Gasteiger partial charge in [-0.1, -0.05) is 43.2 Å². The molecule has 1 aromatic heterocycles. The van der Waals surface area contributed by atoms with E-state index in [1.165, 1.54) is 18.4 Å². The second kappa shape index (κ2) is 6.36. The third-order valence-electron chi connectivity index (χ3n) is 2.98. The molecule has 0 fully saturated rings. The second-order valence-corrected chi connectivity index (χ2v) is 7.29. The van der Waals surface area contributed by atoms with E-state index in [4.69, 9.17) is 4.74 Å². The largest absolute Gasteiger partial charge is 0.496 e. The number of carbonyl (C=O) groups is 1. The van der Waals surface area contributed by atoms with Crippen LogP contribution in [0.15, 0.2) is 45.3 Å². The van der Waals surface area contributed by atoms with Crippen LogP contribution in [0.5, 0.6) is 5.75 Å². The van der Waals surface area contributed by atoms with Gasteiger partial charge in [0.25, 0.3) is 5.91 Å². The van der Waals surface area contributed by atoms with Gasteiger partial charge in [-0.05, 0) is 36.4 Å². The first-order chi connectivity index (χ1) is 10.6. The highest BCUT2D eigenvalue weighted by Gasteiger charge is 2.15. The molecule has 112 valence electrons. The van der Waals surface area contributed by atoms with Crippen LogP contribution in [0, 0.1) is 0 Å². The summed E-state index contributed by atoms with van der Waals surface area (Å²) in [6.45, 7) is 0. The molecule has 0 aliphatic rings. The number of methoxy groups -OCH3 is 1. The van der Waals surface area contributed by atoms with E-state index in [0.29, 0.717) is 16.4 Å². The van der Waals surface area contributed by atoms with Crippen molar-refractivity contribution in [2.24, 2.45) is 0 Å². The van der Waals surface area contributed by atoms with Gasteiger partial charge in [-0.25, -0.2) is 4.98 Å². The number of hydrogen-bond donors (Lipinski definition) is 1. The zero-order valence-electron chi connectivity index (χ0n) is 11.4.